The molecule has 1 aliphatic heterocycles. The first kappa shape index (κ1) is 30.8. The Balaban J connectivity index is 1.30. The molecule has 4 aromatic rings. The lowest BCUT2D eigenvalue weighted by molar-refractivity contribution is -0.139. The number of hydrogen-bond acceptors (Lipinski definition) is 6. The quantitative estimate of drug-likeness (QED) is 0.0916. The maximum absolute atomic E-state index is 12.8. The molecule has 44 heavy (non-hydrogen) atoms. The van der Waals surface area contributed by atoms with Crippen molar-refractivity contribution < 1.29 is 19.1 Å². The molecule has 0 saturated carbocycles. The minimum atomic E-state index is -0.618. The number of amides is 1. The predicted octanol–water partition coefficient (Wildman–Crippen LogP) is 5.54. The van der Waals surface area contributed by atoms with E-state index >= 15 is 0 Å². The molecule has 5 rings (SSSR count). The van der Waals surface area contributed by atoms with Crippen LogP contribution in [-0.2, 0) is 20.9 Å². The van der Waals surface area contributed by atoms with Crippen molar-refractivity contribution in [2.75, 3.05) is 13.2 Å². The topological polar surface area (TPSA) is 106 Å². The first-order chi connectivity index (χ1) is 21.3. The average molecular weight is 630 g/mol. The van der Waals surface area contributed by atoms with Gasteiger partial charge in [-0.15, -0.1) is 0 Å². The van der Waals surface area contributed by atoms with Crippen LogP contribution >= 0.6 is 23.8 Å². The highest BCUT2D eigenvalue weighted by atomic mass is 35.5. The molecule has 0 spiro atoms. The molecule has 0 radical (unpaired) electrons. The Morgan fingerprint density at radius 3 is 2.66 bits per heavy atom. The van der Waals surface area contributed by atoms with E-state index in [1.165, 1.54) is 0 Å². The lowest BCUT2D eigenvalue weighted by Gasteiger charge is -2.30. The Morgan fingerprint density at radius 2 is 1.86 bits per heavy atom. The summed E-state index contributed by atoms with van der Waals surface area (Å²) in [5.41, 5.74) is 8.21. The second-order valence-corrected chi connectivity index (χ2v) is 11.0. The van der Waals surface area contributed by atoms with Crippen LogP contribution in [0.2, 0.25) is 5.02 Å². The lowest BCUT2D eigenvalue weighted by Crippen LogP contribution is -2.45. The van der Waals surface area contributed by atoms with Crippen LogP contribution in [0.15, 0.2) is 89.2 Å². The minimum absolute atomic E-state index is 0.230. The van der Waals surface area contributed by atoms with Crippen LogP contribution in [0.1, 0.15) is 42.3 Å². The largest absolute Gasteiger partial charge is 0.483 e. The molecule has 11 heteroatoms. The zero-order valence-corrected chi connectivity index (χ0v) is 26.1. The molecule has 9 nitrogen and oxygen atoms in total. The molecule has 3 N–H and O–H groups in total. The van der Waals surface area contributed by atoms with Crippen LogP contribution in [0.25, 0.3) is 10.9 Å². The van der Waals surface area contributed by atoms with Crippen molar-refractivity contribution in [3.8, 4) is 5.75 Å². The third kappa shape index (κ3) is 6.77. The number of aromatic nitrogens is 1. The Morgan fingerprint density at radius 1 is 1.09 bits per heavy atom. The van der Waals surface area contributed by atoms with Gasteiger partial charge in [-0.25, -0.2) is 10.2 Å². The Hall–Kier alpha value is -4.67. The number of carbonyl (C=O) groups excluding carboxylic acids is 2. The number of halogens is 1. The van der Waals surface area contributed by atoms with E-state index in [9.17, 15) is 9.59 Å². The zero-order valence-electron chi connectivity index (χ0n) is 24.5. The number of hydrogen-bond donors (Lipinski definition) is 3. The van der Waals surface area contributed by atoms with E-state index in [1.54, 1.807) is 32.2 Å². The SMILES string of the molecule is CCOC(=O)C1=C(C)NC(=S)N[C@@H]1c1ccccc1OCC(=O)NN=Cc1c(C)n(Cc2cccc(Cl)c2)c2ccccc12. The van der Waals surface area contributed by atoms with Crippen LogP contribution in [-0.4, -0.2) is 41.0 Å². The van der Waals surface area contributed by atoms with Crippen LogP contribution in [0, 0.1) is 6.92 Å². The number of allylic oxidation sites excluding steroid dienone is 1. The zero-order chi connectivity index (χ0) is 31.2. The second kappa shape index (κ2) is 13.7. The van der Waals surface area contributed by atoms with Crippen LogP contribution < -0.4 is 20.8 Å². The lowest BCUT2D eigenvalue weighted by atomic mass is 9.95. The summed E-state index contributed by atoms with van der Waals surface area (Å²) < 4.78 is 13.4. The van der Waals surface area contributed by atoms with Crippen molar-refractivity contribution >= 4 is 57.9 Å². The van der Waals surface area contributed by atoms with E-state index in [-0.39, 0.29) is 13.2 Å². The fraction of sp³-hybridized carbons (Fsp3) is 0.212. The molecule has 0 fully saturated rings. The van der Waals surface area contributed by atoms with Crippen molar-refractivity contribution in [1.29, 1.82) is 0 Å². The number of nitrogens with zero attached hydrogens (tertiary/aromatic N) is 2. The van der Waals surface area contributed by atoms with Gasteiger partial charge in [0.05, 0.1) is 24.4 Å². The number of nitrogens with one attached hydrogen (secondary N) is 3. The molecule has 1 aliphatic rings. The van der Waals surface area contributed by atoms with Gasteiger partial charge in [-0.05, 0) is 62.8 Å². The maximum atomic E-state index is 12.8. The number of para-hydroxylation sites is 2. The van der Waals surface area contributed by atoms with Crippen molar-refractivity contribution in [2.24, 2.45) is 5.10 Å². The first-order valence-electron chi connectivity index (χ1n) is 14.1. The normalized spacial score (nSPS) is 14.8. The highest BCUT2D eigenvalue weighted by Gasteiger charge is 2.32. The molecular weight excluding hydrogens is 598 g/mol. The molecule has 1 atom stereocenters. The van der Waals surface area contributed by atoms with Crippen LogP contribution in [0.4, 0.5) is 0 Å². The summed E-state index contributed by atoms with van der Waals surface area (Å²) in [6.07, 6.45) is 1.65. The Bertz CT molecular complexity index is 1800. The van der Waals surface area contributed by atoms with E-state index < -0.39 is 17.9 Å². The first-order valence-corrected chi connectivity index (χ1v) is 14.9. The summed E-state index contributed by atoms with van der Waals surface area (Å²) in [5, 5.41) is 12.4. The van der Waals surface area contributed by atoms with Gasteiger partial charge in [0, 0.05) is 45.0 Å². The highest BCUT2D eigenvalue weighted by molar-refractivity contribution is 7.80. The van der Waals surface area contributed by atoms with Gasteiger partial charge in [-0.2, -0.15) is 5.10 Å². The number of rotatable bonds is 10. The van der Waals surface area contributed by atoms with Crippen LogP contribution in [0.3, 0.4) is 0 Å². The number of carbonyl (C=O) groups is 2. The number of fused-ring (bicyclic) bond motifs is 1. The van der Waals surface area contributed by atoms with E-state index in [0.717, 1.165) is 27.7 Å². The fourth-order valence-corrected chi connectivity index (χ4v) is 5.73. The van der Waals surface area contributed by atoms with Crippen molar-refractivity contribution in [3.63, 3.8) is 0 Å². The van der Waals surface area contributed by atoms with Gasteiger partial charge in [-0.3, -0.25) is 4.79 Å². The molecule has 1 amide bonds. The summed E-state index contributed by atoms with van der Waals surface area (Å²) in [6.45, 7) is 6.11. The number of hydrazone groups is 1. The van der Waals surface area contributed by atoms with E-state index in [4.69, 9.17) is 33.3 Å². The molecule has 226 valence electrons. The van der Waals surface area contributed by atoms with Crippen molar-refractivity contribution in [2.45, 2.75) is 33.4 Å². The molecule has 0 bridgehead atoms. The van der Waals surface area contributed by atoms with Crippen molar-refractivity contribution in [3.05, 3.63) is 111 Å². The fourth-order valence-electron chi connectivity index (χ4n) is 5.24. The highest BCUT2D eigenvalue weighted by Crippen LogP contribution is 2.33. The van der Waals surface area contributed by atoms with Gasteiger partial charge in [0.25, 0.3) is 5.91 Å². The number of esters is 1. The number of thiocarbonyl (C=S) groups is 1. The average Bonchev–Trinajstić information content (AvgIpc) is 3.26. The Labute approximate surface area is 265 Å². The van der Waals surface area contributed by atoms with Gasteiger partial charge in [0.15, 0.2) is 11.7 Å². The third-order valence-electron chi connectivity index (χ3n) is 7.25. The van der Waals surface area contributed by atoms with Gasteiger partial charge in [-0.1, -0.05) is 60.1 Å². The number of ether oxygens (including phenoxy) is 2. The Kier molecular flexibility index (Phi) is 9.62. The predicted molar refractivity (Wildman–Crippen MR) is 176 cm³/mol. The maximum Gasteiger partial charge on any atom is 0.338 e. The minimum Gasteiger partial charge on any atom is -0.483 e. The summed E-state index contributed by atoms with van der Waals surface area (Å²) in [7, 11) is 0. The molecule has 3 aromatic carbocycles. The van der Waals surface area contributed by atoms with Gasteiger partial charge in [0.2, 0.25) is 0 Å². The van der Waals surface area contributed by atoms with Gasteiger partial charge >= 0.3 is 5.97 Å². The molecule has 0 saturated heterocycles. The molecule has 1 aromatic heterocycles. The van der Waals surface area contributed by atoms with E-state index in [1.807, 2.05) is 61.5 Å². The van der Waals surface area contributed by atoms with E-state index in [0.29, 0.717) is 39.3 Å². The van der Waals surface area contributed by atoms with Gasteiger partial charge in [0.1, 0.15) is 5.75 Å². The summed E-state index contributed by atoms with van der Waals surface area (Å²) in [4.78, 5) is 25.6. The summed E-state index contributed by atoms with van der Waals surface area (Å²) in [6, 6.07) is 22.4. The molecular formula is C33H32ClN5O4S. The van der Waals surface area contributed by atoms with Gasteiger partial charge < -0.3 is 24.7 Å². The van der Waals surface area contributed by atoms with Crippen molar-refractivity contribution in [1.82, 2.24) is 20.6 Å². The second-order valence-electron chi connectivity index (χ2n) is 10.1. The van der Waals surface area contributed by atoms with E-state index in [2.05, 4.69) is 31.8 Å². The molecule has 2 heterocycles. The standard InChI is InChI=1S/C33H32ClN5O4S/c1-4-42-32(41)30-20(2)36-33(44)37-31(30)25-13-6-8-15-28(25)43-19-29(40)38-35-17-26-21(3)39(27-14-7-5-12-24(26)27)18-22-10-9-11-23(34)16-22/h5-17,31H,4,18-19H2,1-3H3,(H,38,40)(H2,36,37,44)/t31-/m1/s1. The monoisotopic (exact) mass is 629 g/mol. The molecule has 0 aliphatic carbocycles. The smallest absolute Gasteiger partial charge is 0.338 e. The third-order valence-corrected chi connectivity index (χ3v) is 7.70. The summed E-state index contributed by atoms with van der Waals surface area (Å²) >= 11 is 11.6. The number of benzene rings is 3. The molecule has 0 unspecified atom stereocenters. The van der Waals surface area contributed by atoms with Crippen LogP contribution in [0.5, 0.6) is 5.75 Å². The summed E-state index contributed by atoms with van der Waals surface area (Å²) in [5.74, 6) is -0.491.